The lowest BCUT2D eigenvalue weighted by molar-refractivity contribution is -0.131. The lowest BCUT2D eigenvalue weighted by Gasteiger charge is -2.39. The molecule has 146 valence electrons. The number of hydrogen-bond acceptors (Lipinski definition) is 5. The molecule has 7 heteroatoms. The van der Waals surface area contributed by atoms with Crippen LogP contribution < -0.4 is 15.0 Å². The van der Waals surface area contributed by atoms with Crippen LogP contribution in [-0.4, -0.2) is 35.7 Å². The van der Waals surface area contributed by atoms with E-state index in [9.17, 15) is 14.7 Å². The number of benzene rings is 2. The Morgan fingerprint density at radius 1 is 1.18 bits per heavy atom. The molecule has 28 heavy (non-hydrogen) atoms. The number of esters is 1. The van der Waals surface area contributed by atoms with Gasteiger partial charge in [-0.2, -0.15) is 0 Å². The summed E-state index contributed by atoms with van der Waals surface area (Å²) in [6, 6.07) is 12.8. The maximum absolute atomic E-state index is 12.4. The molecule has 0 aliphatic carbocycles. The molecule has 0 spiro atoms. The van der Waals surface area contributed by atoms with Crippen molar-refractivity contribution in [3.8, 4) is 5.75 Å². The van der Waals surface area contributed by atoms with Crippen LogP contribution in [0.1, 0.15) is 24.8 Å². The molecular formula is C21H21ClN2O4. The van der Waals surface area contributed by atoms with Gasteiger partial charge in [-0.25, -0.2) is 0 Å². The quantitative estimate of drug-likeness (QED) is 0.608. The summed E-state index contributed by atoms with van der Waals surface area (Å²) in [5.41, 5.74) is 1.40. The van der Waals surface area contributed by atoms with Gasteiger partial charge >= 0.3 is 5.97 Å². The maximum Gasteiger partial charge on any atom is 0.315 e. The second kappa shape index (κ2) is 7.45. The van der Waals surface area contributed by atoms with Crippen LogP contribution in [0.25, 0.3) is 0 Å². The summed E-state index contributed by atoms with van der Waals surface area (Å²) in [6.45, 7) is 1.33. The van der Waals surface area contributed by atoms with Gasteiger partial charge in [0, 0.05) is 41.1 Å². The van der Waals surface area contributed by atoms with Gasteiger partial charge in [-0.1, -0.05) is 17.7 Å². The Kier molecular flexibility index (Phi) is 5.00. The minimum Gasteiger partial charge on any atom is -0.426 e. The second-order valence-electron chi connectivity index (χ2n) is 7.39. The molecule has 2 aliphatic heterocycles. The van der Waals surface area contributed by atoms with Crippen LogP contribution in [0.4, 0.5) is 11.4 Å². The summed E-state index contributed by atoms with van der Waals surface area (Å²) in [7, 11) is 0. The highest BCUT2D eigenvalue weighted by atomic mass is 35.5. The standard InChI is InChI=1S/C21H21ClN2O4/c22-15-2-5-17(6-3-15)24-9-7-21(27,8-10-24)13-19(25)23-16-4-1-14-11-20(26)28-18(14)12-16/h1-6,12,27H,7-11,13H2,(H,23,25). The lowest BCUT2D eigenvalue weighted by Crippen LogP contribution is -2.46. The van der Waals surface area contributed by atoms with Gasteiger partial charge in [-0.15, -0.1) is 0 Å². The second-order valence-corrected chi connectivity index (χ2v) is 7.82. The largest absolute Gasteiger partial charge is 0.426 e. The third-order valence-electron chi connectivity index (χ3n) is 5.29. The number of nitrogens with one attached hydrogen (secondary N) is 1. The van der Waals surface area contributed by atoms with E-state index in [1.807, 2.05) is 24.3 Å². The Hall–Kier alpha value is -2.57. The van der Waals surface area contributed by atoms with E-state index in [2.05, 4.69) is 10.2 Å². The zero-order valence-electron chi connectivity index (χ0n) is 15.3. The summed E-state index contributed by atoms with van der Waals surface area (Å²) in [5, 5.41) is 14.3. The van der Waals surface area contributed by atoms with Crippen molar-refractivity contribution in [2.75, 3.05) is 23.3 Å². The number of carbonyl (C=O) groups is 2. The first-order chi connectivity index (χ1) is 13.4. The highest BCUT2D eigenvalue weighted by Gasteiger charge is 2.34. The molecule has 0 aromatic heterocycles. The lowest BCUT2D eigenvalue weighted by atomic mass is 9.87. The number of aliphatic hydroxyl groups is 1. The molecule has 2 N–H and O–H groups in total. The summed E-state index contributed by atoms with van der Waals surface area (Å²) < 4.78 is 5.11. The topological polar surface area (TPSA) is 78.9 Å². The fourth-order valence-electron chi connectivity index (χ4n) is 3.70. The van der Waals surface area contributed by atoms with Crippen molar-refractivity contribution in [2.45, 2.75) is 31.3 Å². The number of piperidine rings is 1. The van der Waals surface area contributed by atoms with Gasteiger partial charge in [0.15, 0.2) is 0 Å². The number of halogens is 1. The van der Waals surface area contributed by atoms with E-state index in [-0.39, 0.29) is 24.7 Å². The molecule has 0 atom stereocenters. The predicted octanol–water partition coefficient (Wildman–Crippen LogP) is 3.16. The molecule has 1 amide bonds. The number of nitrogens with zero attached hydrogens (tertiary/aromatic N) is 1. The first-order valence-corrected chi connectivity index (χ1v) is 9.64. The molecule has 2 aromatic rings. The van der Waals surface area contributed by atoms with E-state index in [1.165, 1.54) is 0 Å². The van der Waals surface area contributed by atoms with Crippen LogP contribution in [-0.2, 0) is 16.0 Å². The van der Waals surface area contributed by atoms with Crippen LogP contribution in [0.5, 0.6) is 5.75 Å². The van der Waals surface area contributed by atoms with Gasteiger partial charge in [-0.05, 0) is 43.2 Å². The van der Waals surface area contributed by atoms with Crippen molar-refractivity contribution in [3.05, 3.63) is 53.1 Å². The van der Waals surface area contributed by atoms with Crippen molar-refractivity contribution >= 4 is 34.9 Å². The smallest absolute Gasteiger partial charge is 0.315 e. The number of fused-ring (bicyclic) bond motifs is 1. The average Bonchev–Trinajstić information content (AvgIpc) is 3.02. The van der Waals surface area contributed by atoms with Crippen LogP contribution in [0.15, 0.2) is 42.5 Å². The number of carbonyl (C=O) groups excluding carboxylic acids is 2. The van der Waals surface area contributed by atoms with E-state index < -0.39 is 5.60 Å². The molecule has 2 heterocycles. The highest BCUT2D eigenvalue weighted by molar-refractivity contribution is 6.30. The Balaban J connectivity index is 1.33. The molecule has 1 fully saturated rings. The fourth-order valence-corrected chi connectivity index (χ4v) is 3.83. The average molecular weight is 401 g/mol. The van der Waals surface area contributed by atoms with E-state index in [1.54, 1.807) is 18.2 Å². The molecule has 2 aromatic carbocycles. The normalized spacial score (nSPS) is 17.8. The van der Waals surface area contributed by atoms with Crippen molar-refractivity contribution in [1.29, 1.82) is 0 Å². The summed E-state index contributed by atoms with van der Waals surface area (Å²) in [4.78, 5) is 25.9. The zero-order chi connectivity index (χ0) is 19.7. The number of amides is 1. The van der Waals surface area contributed by atoms with Gasteiger partial charge in [0.25, 0.3) is 0 Å². The summed E-state index contributed by atoms with van der Waals surface area (Å²) >= 11 is 5.93. The summed E-state index contributed by atoms with van der Waals surface area (Å²) in [5.74, 6) is -0.0651. The number of rotatable bonds is 4. The fraction of sp³-hybridized carbons (Fsp3) is 0.333. The van der Waals surface area contributed by atoms with E-state index >= 15 is 0 Å². The van der Waals surface area contributed by atoms with Gasteiger partial charge in [0.05, 0.1) is 18.4 Å². The Morgan fingerprint density at radius 3 is 2.61 bits per heavy atom. The summed E-state index contributed by atoms with van der Waals surface area (Å²) in [6.07, 6.45) is 1.29. The number of ether oxygens (including phenoxy) is 1. The molecular weight excluding hydrogens is 380 g/mol. The molecule has 0 bridgehead atoms. The SMILES string of the molecule is O=C(CC1(O)CCN(c2ccc(Cl)cc2)CC1)Nc1ccc2c(c1)OC(=O)C2. The van der Waals surface area contributed by atoms with Crippen molar-refractivity contribution in [3.63, 3.8) is 0 Å². The minimum absolute atomic E-state index is 0.0261. The Labute approximate surface area is 168 Å². The van der Waals surface area contributed by atoms with Gasteiger partial charge in [0.2, 0.25) is 5.91 Å². The van der Waals surface area contributed by atoms with E-state index in [0.717, 1.165) is 11.3 Å². The molecule has 6 nitrogen and oxygen atoms in total. The van der Waals surface area contributed by atoms with Gasteiger partial charge in [0.1, 0.15) is 5.75 Å². The monoisotopic (exact) mass is 400 g/mol. The molecule has 0 unspecified atom stereocenters. The minimum atomic E-state index is -1.03. The molecule has 0 saturated carbocycles. The Morgan fingerprint density at radius 2 is 1.89 bits per heavy atom. The van der Waals surface area contributed by atoms with Crippen LogP contribution >= 0.6 is 11.6 Å². The highest BCUT2D eigenvalue weighted by Crippen LogP contribution is 2.31. The van der Waals surface area contributed by atoms with Crippen LogP contribution in [0, 0.1) is 0 Å². The van der Waals surface area contributed by atoms with Crippen LogP contribution in [0.2, 0.25) is 5.02 Å². The van der Waals surface area contributed by atoms with E-state index in [4.69, 9.17) is 16.3 Å². The van der Waals surface area contributed by atoms with Crippen molar-refractivity contribution in [1.82, 2.24) is 0 Å². The number of hydrogen-bond donors (Lipinski definition) is 2. The number of anilines is 2. The third kappa shape index (κ3) is 4.13. The third-order valence-corrected chi connectivity index (χ3v) is 5.54. The Bertz CT molecular complexity index is 905. The molecule has 2 aliphatic rings. The molecule has 1 saturated heterocycles. The van der Waals surface area contributed by atoms with Gasteiger partial charge < -0.3 is 20.1 Å². The predicted molar refractivity (Wildman–Crippen MR) is 107 cm³/mol. The molecule has 0 radical (unpaired) electrons. The van der Waals surface area contributed by atoms with E-state index in [0.29, 0.717) is 42.4 Å². The molecule has 4 rings (SSSR count). The first-order valence-electron chi connectivity index (χ1n) is 9.27. The van der Waals surface area contributed by atoms with Crippen molar-refractivity contribution < 1.29 is 19.4 Å². The maximum atomic E-state index is 12.4. The van der Waals surface area contributed by atoms with Crippen molar-refractivity contribution in [2.24, 2.45) is 0 Å². The zero-order valence-corrected chi connectivity index (χ0v) is 16.0. The van der Waals surface area contributed by atoms with Gasteiger partial charge in [-0.3, -0.25) is 9.59 Å². The van der Waals surface area contributed by atoms with Crippen LogP contribution in [0.3, 0.4) is 0 Å². The first kappa shape index (κ1) is 18.8.